The van der Waals surface area contributed by atoms with Crippen molar-refractivity contribution in [3.05, 3.63) is 11.6 Å². The second-order valence-electron chi connectivity index (χ2n) is 14.9. The number of hydrogen-bond donors (Lipinski definition) is 5. The van der Waals surface area contributed by atoms with Gasteiger partial charge < -0.3 is 30.3 Å². The number of Topliss-reactive ketones (excluding diaryl/α,β-unsaturated/α-hetero) is 2. The lowest BCUT2D eigenvalue weighted by molar-refractivity contribution is -0.181. The molecule has 5 N–H and O–H groups in total. The van der Waals surface area contributed by atoms with Gasteiger partial charge in [0, 0.05) is 42.4 Å². The molecule has 0 spiro atoms. The van der Waals surface area contributed by atoms with E-state index in [-0.39, 0.29) is 37.9 Å². The van der Waals surface area contributed by atoms with Gasteiger partial charge in [-0.3, -0.25) is 14.4 Å². The van der Waals surface area contributed by atoms with E-state index >= 15 is 0 Å². The first-order valence-electron chi connectivity index (χ1n) is 14.6. The average molecular weight is 565 g/mol. The standard InChI is InChI=1S/C31H48O9/c1-15(32)40-27(2,3)10-9-22(36)31(8,39)24-18-13-23(37)30(7)17-12-20(34)26(38)28(4,5)16(17)11-19(33)25(30)29(18,6)14-21(24)35/h11,17-21,24-26,33-35,38-39H,9-10,12-14H2,1-8H3/t17-,18-,19+,20+,21-,24-,25+,26-,29-,30-,31+/m1/s1. The van der Waals surface area contributed by atoms with Gasteiger partial charge in [-0.2, -0.15) is 0 Å². The van der Waals surface area contributed by atoms with Gasteiger partial charge in [0.05, 0.1) is 24.4 Å². The van der Waals surface area contributed by atoms with Crippen LogP contribution >= 0.6 is 0 Å². The van der Waals surface area contributed by atoms with E-state index in [0.29, 0.717) is 0 Å². The lowest BCUT2D eigenvalue weighted by Gasteiger charge is -2.63. The number of hydrogen-bond acceptors (Lipinski definition) is 9. The maximum absolute atomic E-state index is 14.2. The van der Waals surface area contributed by atoms with E-state index in [9.17, 15) is 39.9 Å². The minimum atomic E-state index is -1.95. The normalized spacial score (nSPS) is 44.0. The van der Waals surface area contributed by atoms with Gasteiger partial charge in [0.25, 0.3) is 0 Å². The summed E-state index contributed by atoms with van der Waals surface area (Å²) in [7, 11) is 0. The predicted molar refractivity (Wildman–Crippen MR) is 146 cm³/mol. The third-order valence-corrected chi connectivity index (χ3v) is 11.4. The first-order chi connectivity index (χ1) is 18.1. The van der Waals surface area contributed by atoms with Gasteiger partial charge in [0.2, 0.25) is 0 Å². The molecule has 3 saturated carbocycles. The topological polar surface area (TPSA) is 162 Å². The zero-order chi connectivity index (χ0) is 30.4. The molecule has 0 unspecified atom stereocenters. The minimum Gasteiger partial charge on any atom is -0.460 e. The van der Waals surface area contributed by atoms with Crippen LogP contribution in [0.1, 0.15) is 87.5 Å². The summed E-state index contributed by atoms with van der Waals surface area (Å²) in [5.74, 6) is -3.62. The number of esters is 1. The molecule has 4 rings (SSSR count). The van der Waals surface area contributed by atoms with Gasteiger partial charge in [0.15, 0.2) is 5.78 Å². The van der Waals surface area contributed by atoms with Crippen molar-refractivity contribution in [2.24, 2.45) is 39.9 Å². The first-order valence-corrected chi connectivity index (χ1v) is 14.6. The number of ether oxygens (including phenoxy) is 1. The highest BCUT2D eigenvalue weighted by Crippen LogP contribution is 2.69. The second kappa shape index (κ2) is 9.69. The summed E-state index contributed by atoms with van der Waals surface area (Å²) in [6.45, 7) is 13.5. The third kappa shape index (κ3) is 4.51. The molecule has 0 aromatic heterocycles. The monoisotopic (exact) mass is 564 g/mol. The number of fused-ring (bicyclic) bond motifs is 5. The Bertz CT molecular complexity index is 1110. The van der Waals surface area contributed by atoms with Crippen molar-refractivity contribution in [2.45, 2.75) is 123 Å². The Morgan fingerprint density at radius 3 is 2.23 bits per heavy atom. The molecule has 9 nitrogen and oxygen atoms in total. The van der Waals surface area contributed by atoms with E-state index < -0.39 is 87.3 Å². The van der Waals surface area contributed by atoms with E-state index in [1.54, 1.807) is 19.9 Å². The van der Waals surface area contributed by atoms with Crippen LogP contribution in [0.25, 0.3) is 0 Å². The molecule has 0 aromatic carbocycles. The smallest absolute Gasteiger partial charge is 0.303 e. The molecule has 3 fully saturated rings. The van der Waals surface area contributed by atoms with Gasteiger partial charge in [-0.1, -0.05) is 39.3 Å². The number of rotatable bonds is 6. The minimum absolute atomic E-state index is 0.0170. The fourth-order valence-electron chi connectivity index (χ4n) is 9.40. The van der Waals surface area contributed by atoms with E-state index in [4.69, 9.17) is 4.74 Å². The highest BCUT2D eigenvalue weighted by atomic mass is 16.6. The number of carbonyl (C=O) groups excluding carboxylic acids is 3. The number of carbonyl (C=O) groups is 3. The lowest BCUT2D eigenvalue weighted by Crippen LogP contribution is -2.65. The molecule has 40 heavy (non-hydrogen) atoms. The summed E-state index contributed by atoms with van der Waals surface area (Å²) in [4.78, 5) is 39.0. The van der Waals surface area contributed by atoms with Crippen LogP contribution in [0.5, 0.6) is 0 Å². The molecule has 4 aliphatic carbocycles. The molecule has 0 aliphatic heterocycles. The van der Waals surface area contributed by atoms with Crippen LogP contribution < -0.4 is 0 Å². The van der Waals surface area contributed by atoms with E-state index in [0.717, 1.165) is 5.57 Å². The maximum atomic E-state index is 14.2. The van der Waals surface area contributed by atoms with Gasteiger partial charge in [-0.05, 0) is 57.3 Å². The van der Waals surface area contributed by atoms with Crippen LogP contribution in [0.4, 0.5) is 0 Å². The summed E-state index contributed by atoms with van der Waals surface area (Å²) in [5, 5.41) is 56.2. The predicted octanol–water partition coefficient (Wildman–Crippen LogP) is 2.10. The van der Waals surface area contributed by atoms with Gasteiger partial charge >= 0.3 is 5.97 Å². The van der Waals surface area contributed by atoms with E-state index in [2.05, 4.69) is 0 Å². The summed E-state index contributed by atoms with van der Waals surface area (Å²) >= 11 is 0. The molecular weight excluding hydrogens is 516 g/mol. The zero-order valence-corrected chi connectivity index (χ0v) is 25.1. The van der Waals surface area contributed by atoms with Crippen LogP contribution in [0, 0.1) is 39.9 Å². The van der Waals surface area contributed by atoms with Crippen molar-refractivity contribution in [3.63, 3.8) is 0 Å². The van der Waals surface area contributed by atoms with Crippen molar-refractivity contribution in [3.8, 4) is 0 Å². The molecule has 0 aromatic rings. The fraction of sp³-hybridized carbons (Fsp3) is 0.839. The molecular formula is C31H48O9. The van der Waals surface area contributed by atoms with E-state index in [1.807, 2.05) is 27.7 Å². The summed E-state index contributed by atoms with van der Waals surface area (Å²) in [6, 6.07) is 0. The Labute approximate surface area is 237 Å². The number of aliphatic hydroxyl groups is 5. The van der Waals surface area contributed by atoms with E-state index in [1.165, 1.54) is 13.8 Å². The second-order valence-corrected chi connectivity index (χ2v) is 14.9. The van der Waals surface area contributed by atoms with Crippen LogP contribution in [-0.4, -0.2) is 78.7 Å². The highest BCUT2D eigenvalue weighted by molar-refractivity contribution is 5.89. The SMILES string of the molecule is CC(=O)OC(C)(C)CCC(=O)[C@](C)(O)[C@H]1[C@H](O)C[C@]2(C)[C@@H]1CC(=O)[C@@]1(C)[C@@H]3C[C@H](O)[C@@H](O)C(C)(C)C3=C[C@H](O)[C@@H]21. The molecule has 226 valence electrons. The van der Waals surface area contributed by atoms with Crippen molar-refractivity contribution in [2.75, 3.05) is 0 Å². The van der Waals surface area contributed by atoms with Gasteiger partial charge in [-0.15, -0.1) is 0 Å². The van der Waals surface area contributed by atoms with Gasteiger partial charge in [0.1, 0.15) is 17.0 Å². The molecule has 0 amide bonds. The Morgan fingerprint density at radius 1 is 1.05 bits per heavy atom. The quantitative estimate of drug-likeness (QED) is 0.240. The third-order valence-electron chi connectivity index (χ3n) is 11.4. The largest absolute Gasteiger partial charge is 0.460 e. The van der Waals surface area contributed by atoms with Crippen LogP contribution in [0.2, 0.25) is 0 Å². The molecule has 0 heterocycles. The van der Waals surface area contributed by atoms with Crippen LogP contribution in [0.3, 0.4) is 0 Å². The van der Waals surface area contributed by atoms with Crippen molar-refractivity contribution < 1.29 is 44.7 Å². The Kier molecular flexibility index (Phi) is 7.58. The zero-order valence-electron chi connectivity index (χ0n) is 25.1. The van der Waals surface area contributed by atoms with Gasteiger partial charge in [-0.25, -0.2) is 0 Å². The van der Waals surface area contributed by atoms with Crippen molar-refractivity contribution in [1.29, 1.82) is 0 Å². The molecule has 0 saturated heterocycles. The van der Waals surface area contributed by atoms with Crippen molar-refractivity contribution in [1.82, 2.24) is 0 Å². The average Bonchev–Trinajstić information content (AvgIpc) is 3.06. The Balaban J connectivity index is 1.69. The maximum Gasteiger partial charge on any atom is 0.303 e. The van der Waals surface area contributed by atoms with Crippen molar-refractivity contribution >= 4 is 17.5 Å². The Morgan fingerprint density at radius 2 is 1.65 bits per heavy atom. The number of ketones is 2. The van der Waals surface area contributed by atoms with Crippen LogP contribution in [-0.2, 0) is 19.1 Å². The lowest BCUT2D eigenvalue weighted by atomic mass is 9.41. The number of aliphatic hydroxyl groups excluding tert-OH is 4. The molecule has 0 bridgehead atoms. The summed E-state index contributed by atoms with van der Waals surface area (Å²) < 4.78 is 5.28. The molecule has 4 aliphatic rings. The Hall–Kier alpha value is -1.65. The summed E-state index contributed by atoms with van der Waals surface area (Å²) in [6.07, 6.45) is -1.97. The first kappa shape index (κ1) is 31.3. The molecule has 9 heteroatoms. The highest BCUT2D eigenvalue weighted by Gasteiger charge is 2.72. The fourth-order valence-corrected chi connectivity index (χ4v) is 9.40. The van der Waals surface area contributed by atoms with Crippen LogP contribution in [0.15, 0.2) is 11.6 Å². The molecule has 11 atom stereocenters. The summed E-state index contributed by atoms with van der Waals surface area (Å²) in [5.41, 5.74) is -4.80. The molecule has 0 radical (unpaired) electrons.